The lowest BCUT2D eigenvalue weighted by atomic mass is 10.2. The van der Waals surface area contributed by atoms with Crippen LogP contribution in [0.25, 0.3) is 6.08 Å². The Morgan fingerprint density at radius 2 is 1.93 bits per heavy atom. The van der Waals surface area contributed by atoms with E-state index >= 15 is 0 Å². The van der Waals surface area contributed by atoms with E-state index in [9.17, 15) is 4.79 Å². The second-order valence-electron chi connectivity index (χ2n) is 6.28. The minimum Gasteiger partial charge on any atom is -0.465 e. The summed E-state index contributed by atoms with van der Waals surface area (Å²) < 4.78 is 5.14. The summed E-state index contributed by atoms with van der Waals surface area (Å²) in [5.74, 6) is 1.67. The van der Waals surface area contributed by atoms with Crippen LogP contribution in [0.3, 0.4) is 0 Å². The molecule has 0 radical (unpaired) electrons. The van der Waals surface area contributed by atoms with Gasteiger partial charge in [0.15, 0.2) is 0 Å². The lowest BCUT2D eigenvalue weighted by Gasteiger charge is -2.10. The molecule has 3 rings (SSSR count). The molecule has 7 heteroatoms. The average Bonchev–Trinajstić information content (AvgIpc) is 3.19. The van der Waals surface area contributed by atoms with Gasteiger partial charge in [0.1, 0.15) is 11.6 Å². The zero-order chi connectivity index (χ0) is 19.8. The van der Waals surface area contributed by atoms with Crippen molar-refractivity contribution >= 4 is 29.4 Å². The topological polar surface area (TPSA) is 92.1 Å². The Morgan fingerprint density at radius 3 is 2.68 bits per heavy atom. The fourth-order valence-electron chi connectivity index (χ4n) is 2.46. The monoisotopic (exact) mass is 377 g/mol. The molecule has 0 aliphatic heterocycles. The number of hydrogen-bond donors (Lipinski definition) is 3. The van der Waals surface area contributed by atoms with Gasteiger partial charge < -0.3 is 20.4 Å². The molecular formula is C21H23N5O2. The van der Waals surface area contributed by atoms with Crippen molar-refractivity contribution in [2.24, 2.45) is 0 Å². The first kappa shape index (κ1) is 19.2. The van der Waals surface area contributed by atoms with Crippen LogP contribution in [0.5, 0.6) is 0 Å². The number of amides is 1. The summed E-state index contributed by atoms with van der Waals surface area (Å²) >= 11 is 0. The largest absolute Gasteiger partial charge is 0.465 e. The number of carbonyl (C=O) groups is 1. The molecule has 0 spiro atoms. The highest BCUT2D eigenvalue weighted by Gasteiger charge is 2.03. The van der Waals surface area contributed by atoms with E-state index in [2.05, 4.69) is 25.9 Å². The number of rotatable bonds is 8. The summed E-state index contributed by atoms with van der Waals surface area (Å²) in [5.41, 5.74) is 3.01. The van der Waals surface area contributed by atoms with E-state index in [4.69, 9.17) is 4.42 Å². The van der Waals surface area contributed by atoms with Gasteiger partial charge in [0.05, 0.1) is 6.26 Å². The smallest absolute Gasteiger partial charge is 0.244 e. The van der Waals surface area contributed by atoms with E-state index in [1.54, 1.807) is 24.5 Å². The summed E-state index contributed by atoms with van der Waals surface area (Å²) in [5, 5.41) is 9.19. The first-order valence-electron chi connectivity index (χ1n) is 9.01. The molecule has 3 N–H and O–H groups in total. The average molecular weight is 377 g/mol. The van der Waals surface area contributed by atoms with Crippen LogP contribution in [0, 0.1) is 13.8 Å². The molecule has 0 atom stereocenters. The molecule has 0 aliphatic rings. The fraction of sp³-hybridized carbons (Fsp3) is 0.190. The maximum absolute atomic E-state index is 11.8. The molecule has 0 bridgehead atoms. The molecule has 0 saturated heterocycles. The van der Waals surface area contributed by atoms with Crippen LogP contribution in [-0.2, 0) is 4.79 Å². The minimum atomic E-state index is -0.190. The number of aryl methyl sites for hydroxylation is 2. The molecule has 28 heavy (non-hydrogen) atoms. The van der Waals surface area contributed by atoms with Crippen LogP contribution in [0.4, 0.5) is 17.5 Å². The molecule has 0 aliphatic carbocycles. The Morgan fingerprint density at radius 1 is 1.11 bits per heavy atom. The Kier molecular flexibility index (Phi) is 6.41. The highest BCUT2D eigenvalue weighted by molar-refractivity contribution is 5.91. The number of carbonyl (C=O) groups excluding carboxylic acids is 1. The molecule has 2 heterocycles. The summed E-state index contributed by atoms with van der Waals surface area (Å²) in [6.45, 7) is 4.91. The van der Waals surface area contributed by atoms with E-state index < -0.39 is 0 Å². The second-order valence-corrected chi connectivity index (χ2v) is 6.28. The summed E-state index contributed by atoms with van der Waals surface area (Å²) in [4.78, 5) is 20.6. The highest BCUT2D eigenvalue weighted by Crippen LogP contribution is 2.17. The molecule has 0 fully saturated rings. The zero-order valence-corrected chi connectivity index (χ0v) is 15.9. The maximum Gasteiger partial charge on any atom is 0.244 e. The van der Waals surface area contributed by atoms with E-state index in [0.717, 1.165) is 11.4 Å². The van der Waals surface area contributed by atoms with E-state index in [-0.39, 0.29) is 5.91 Å². The van der Waals surface area contributed by atoms with Gasteiger partial charge in [-0.25, -0.2) is 4.98 Å². The van der Waals surface area contributed by atoms with Crippen LogP contribution in [0.2, 0.25) is 0 Å². The van der Waals surface area contributed by atoms with Crippen LogP contribution < -0.4 is 16.0 Å². The predicted octanol–water partition coefficient (Wildman–Crippen LogP) is 3.67. The van der Waals surface area contributed by atoms with Gasteiger partial charge in [0.25, 0.3) is 0 Å². The normalized spacial score (nSPS) is 10.8. The SMILES string of the molecule is Cc1ccc(Nc2cc(C)nc(NCCNC(=O)/C=C/c3ccco3)n2)cc1. The van der Waals surface area contributed by atoms with E-state index in [0.29, 0.717) is 30.6 Å². The lowest BCUT2D eigenvalue weighted by molar-refractivity contribution is -0.116. The third kappa shape index (κ3) is 5.98. The van der Waals surface area contributed by atoms with Gasteiger partial charge in [0.2, 0.25) is 11.9 Å². The van der Waals surface area contributed by atoms with E-state index in [1.807, 2.05) is 44.2 Å². The standard InChI is InChI=1S/C21H23N5O2/c1-15-5-7-17(8-6-15)25-19-14-16(2)24-21(26-19)23-12-11-22-20(27)10-9-18-4-3-13-28-18/h3-10,13-14H,11-12H2,1-2H3,(H,22,27)(H2,23,24,25,26)/b10-9+. The van der Waals surface area contributed by atoms with Crippen molar-refractivity contribution in [2.45, 2.75) is 13.8 Å². The molecule has 7 nitrogen and oxygen atoms in total. The summed E-state index contributed by atoms with van der Waals surface area (Å²) in [7, 11) is 0. The summed E-state index contributed by atoms with van der Waals surface area (Å²) in [6.07, 6.45) is 4.62. The number of hydrogen-bond acceptors (Lipinski definition) is 6. The van der Waals surface area contributed by atoms with Crippen molar-refractivity contribution in [3.8, 4) is 0 Å². The van der Waals surface area contributed by atoms with Crippen molar-refractivity contribution in [2.75, 3.05) is 23.7 Å². The van der Waals surface area contributed by atoms with Gasteiger partial charge in [-0.15, -0.1) is 0 Å². The van der Waals surface area contributed by atoms with Crippen molar-refractivity contribution in [1.29, 1.82) is 0 Å². The number of anilines is 3. The van der Waals surface area contributed by atoms with Crippen molar-refractivity contribution < 1.29 is 9.21 Å². The van der Waals surface area contributed by atoms with Crippen LogP contribution in [-0.4, -0.2) is 29.0 Å². The van der Waals surface area contributed by atoms with Gasteiger partial charge in [0, 0.05) is 36.6 Å². The number of furan rings is 1. The Balaban J connectivity index is 1.48. The maximum atomic E-state index is 11.8. The first-order valence-corrected chi connectivity index (χ1v) is 9.01. The third-order valence-electron chi connectivity index (χ3n) is 3.83. The van der Waals surface area contributed by atoms with Gasteiger partial charge in [-0.1, -0.05) is 17.7 Å². The lowest BCUT2D eigenvalue weighted by Crippen LogP contribution is -2.27. The molecule has 2 aromatic heterocycles. The van der Waals surface area contributed by atoms with E-state index in [1.165, 1.54) is 11.6 Å². The zero-order valence-electron chi connectivity index (χ0n) is 15.9. The Bertz CT molecular complexity index is 934. The number of benzene rings is 1. The molecule has 1 amide bonds. The Labute approximate surface area is 163 Å². The van der Waals surface area contributed by atoms with Crippen LogP contribution in [0.15, 0.2) is 59.2 Å². The Hall–Kier alpha value is -3.61. The molecule has 3 aromatic rings. The molecule has 0 saturated carbocycles. The third-order valence-corrected chi connectivity index (χ3v) is 3.83. The van der Waals surface area contributed by atoms with Gasteiger partial charge in [-0.2, -0.15) is 4.98 Å². The van der Waals surface area contributed by atoms with Crippen LogP contribution >= 0.6 is 0 Å². The highest BCUT2D eigenvalue weighted by atomic mass is 16.3. The molecule has 0 unspecified atom stereocenters. The summed E-state index contributed by atoms with van der Waals surface area (Å²) in [6, 6.07) is 13.5. The molecule has 1 aromatic carbocycles. The second kappa shape index (κ2) is 9.36. The first-order chi connectivity index (χ1) is 13.6. The van der Waals surface area contributed by atoms with Crippen molar-refractivity contribution in [1.82, 2.24) is 15.3 Å². The van der Waals surface area contributed by atoms with Crippen molar-refractivity contribution in [3.63, 3.8) is 0 Å². The van der Waals surface area contributed by atoms with Gasteiger partial charge in [-0.3, -0.25) is 4.79 Å². The fourth-order valence-corrected chi connectivity index (χ4v) is 2.46. The number of nitrogens with zero attached hydrogens (tertiary/aromatic N) is 2. The van der Waals surface area contributed by atoms with Crippen LogP contribution in [0.1, 0.15) is 17.0 Å². The minimum absolute atomic E-state index is 0.190. The molecule has 144 valence electrons. The van der Waals surface area contributed by atoms with Gasteiger partial charge in [-0.05, 0) is 44.2 Å². The quantitative estimate of drug-likeness (QED) is 0.410. The predicted molar refractivity (Wildman–Crippen MR) is 110 cm³/mol. The molecular weight excluding hydrogens is 354 g/mol. The number of nitrogens with one attached hydrogen (secondary N) is 3. The number of aromatic nitrogens is 2. The van der Waals surface area contributed by atoms with Gasteiger partial charge >= 0.3 is 0 Å². The van der Waals surface area contributed by atoms with Crippen molar-refractivity contribution in [3.05, 3.63) is 71.8 Å².